The Labute approximate surface area is 133 Å². The van der Waals surface area contributed by atoms with Crippen LogP contribution in [0, 0.1) is 6.92 Å². The first-order chi connectivity index (χ1) is 9.52. The van der Waals surface area contributed by atoms with Crippen LogP contribution in [0.15, 0.2) is 28.7 Å². The third-order valence-electron chi connectivity index (χ3n) is 3.27. The molecular weight excluding hydrogens is 338 g/mol. The van der Waals surface area contributed by atoms with Crippen molar-refractivity contribution < 1.29 is 0 Å². The predicted molar refractivity (Wildman–Crippen MR) is 87.0 cm³/mol. The molecule has 0 aliphatic carbocycles. The van der Waals surface area contributed by atoms with Crippen molar-refractivity contribution in [2.45, 2.75) is 33.5 Å². The number of rotatable bonds is 5. The van der Waals surface area contributed by atoms with E-state index in [1.165, 1.54) is 5.69 Å². The number of nitrogens with zero attached hydrogens (tertiary/aromatic N) is 3. The van der Waals surface area contributed by atoms with Gasteiger partial charge in [0.2, 0.25) is 0 Å². The summed E-state index contributed by atoms with van der Waals surface area (Å²) in [7, 11) is 2.10. The van der Waals surface area contributed by atoms with Gasteiger partial charge < -0.3 is 0 Å². The minimum Gasteiger partial charge on any atom is -0.296 e. The first kappa shape index (κ1) is 15.5. The monoisotopic (exact) mass is 355 g/mol. The Bertz CT molecular complexity index is 595. The van der Waals surface area contributed by atoms with E-state index >= 15 is 0 Å². The summed E-state index contributed by atoms with van der Waals surface area (Å²) < 4.78 is 3.15. The normalized spacial score (nSPS) is 11.3. The fourth-order valence-electron chi connectivity index (χ4n) is 2.25. The lowest BCUT2D eigenvalue weighted by Crippen LogP contribution is -2.20. The van der Waals surface area contributed by atoms with Crippen molar-refractivity contribution in [2.24, 2.45) is 0 Å². The van der Waals surface area contributed by atoms with Gasteiger partial charge in [-0.3, -0.25) is 9.58 Å². The lowest BCUT2D eigenvalue weighted by Gasteiger charge is -2.18. The van der Waals surface area contributed by atoms with Gasteiger partial charge in [0.25, 0.3) is 0 Å². The highest BCUT2D eigenvalue weighted by atomic mass is 79.9. The topological polar surface area (TPSA) is 21.1 Å². The van der Waals surface area contributed by atoms with Crippen LogP contribution in [0.5, 0.6) is 0 Å². The Balaban J connectivity index is 2.12. The van der Waals surface area contributed by atoms with E-state index in [4.69, 9.17) is 11.6 Å². The van der Waals surface area contributed by atoms with Crippen LogP contribution in [0.1, 0.15) is 23.9 Å². The number of hydrogen-bond acceptors (Lipinski definition) is 2. The molecule has 2 aromatic rings. The van der Waals surface area contributed by atoms with Crippen LogP contribution in [0.4, 0.5) is 0 Å². The Hall–Kier alpha value is -0.840. The van der Waals surface area contributed by atoms with Crippen molar-refractivity contribution >= 4 is 27.5 Å². The molecule has 0 atom stereocenters. The minimum atomic E-state index is 0.818. The maximum Gasteiger partial charge on any atom is 0.0739 e. The molecule has 0 radical (unpaired) electrons. The highest BCUT2D eigenvalue weighted by Gasteiger charge is 2.14. The van der Waals surface area contributed by atoms with Crippen LogP contribution >= 0.6 is 27.5 Å². The van der Waals surface area contributed by atoms with Gasteiger partial charge in [-0.05, 0) is 48.5 Å². The fourth-order valence-corrected chi connectivity index (χ4v) is 2.85. The van der Waals surface area contributed by atoms with E-state index in [0.717, 1.165) is 40.4 Å². The molecule has 1 aromatic heterocycles. The summed E-state index contributed by atoms with van der Waals surface area (Å²) in [5.74, 6) is 0. The van der Waals surface area contributed by atoms with Gasteiger partial charge in [0.1, 0.15) is 0 Å². The van der Waals surface area contributed by atoms with E-state index in [1.54, 1.807) is 0 Å². The zero-order chi connectivity index (χ0) is 14.7. The molecule has 0 fully saturated rings. The molecule has 1 heterocycles. The molecule has 3 nitrogen and oxygen atoms in total. The second kappa shape index (κ2) is 6.74. The predicted octanol–water partition coefficient (Wildman–Crippen LogP) is 4.26. The first-order valence-electron chi connectivity index (χ1n) is 6.66. The number of aromatic nitrogens is 2. The Morgan fingerprint density at radius 2 is 2.00 bits per heavy atom. The van der Waals surface area contributed by atoms with Crippen LogP contribution < -0.4 is 0 Å². The van der Waals surface area contributed by atoms with E-state index < -0.39 is 0 Å². The van der Waals surface area contributed by atoms with E-state index in [9.17, 15) is 0 Å². The average Bonchev–Trinajstić information content (AvgIpc) is 2.69. The summed E-state index contributed by atoms with van der Waals surface area (Å²) in [6.45, 7) is 6.66. The molecule has 0 aliphatic heterocycles. The molecule has 0 bridgehead atoms. The van der Waals surface area contributed by atoms with Crippen molar-refractivity contribution in [3.63, 3.8) is 0 Å². The molecule has 0 N–H and O–H groups in total. The molecule has 0 spiro atoms. The fraction of sp³-hybridized carbons (Fsp3) is 0.400. The van der Waals surface area contributed by atoms with Crippen molar-refractivity contribution in [3.8, 4) is 0 Å². The van der Waals surface area contributed by atoms with E-state index in [2.05, 4.69) is 46.0 Å². The maximum atomic E-state index is 6.21. The summed E-state index contributed by atoms with van der Waals surface area (Å²) in [5, 5.41) is 5.34. The smallest absolute Gasteiger partial charge is 0.0739 e. The lowest BCUT2D eigenvalue weighted by atomic mass is 10.2. The van der Waals surface area contributed by atoms with Crippen molar-refractivity contribution in [2.75, 3.05) is 7.05 Å². The number of halogens is 2. The lowest BCUT2D eigenvalue weighted by molar-refractivity contribution is 0.307. The van der Waals surface area contributed by atoms with Crippen LogP contribution in [0.25, 0.3) is 0 Å². The highest BCUT2D eigenvalue weighted by Crippen LogP contribution is 2.23. The summed E-state index contributed by atoms with van der Waals surface area (Å²) in [6, 6.07) is 7.97. The molecule has 20 heavy (non-hydrogen) atoms. The molecule has 108 valence electrons. The Kier molecular flexibility index (Phi) is 5.24. The highest BCUT2D eigenvalue weighted by molar-refractivity contribution is 9.10. The Morgan fingerprint density at radius 1 is 1.30 bits per heavy atom. The number of hydrogen-bond donors (Lipinski definition) is 0. The zero-order valence-corrected chi connectivity index (χ0v) is 14.4. The third-order valence-corrected chi connectivity index (χ3v) is 4.67. The summed E-state index contributed by atoms with van der Waals surface area (Å²) in [4.78, 5) is 2.24. The van der Waals surface area contributed by atoms with Gasteiger partial charge in [0.05, 0.1) is 15.9 Å². The third kappa shape index (κ3) is 3.43. The van der Waals surface area contributed by atoms with Gasteiger partial charge in [-0.2, -0.15) is 5.10 Å². The van der Waals surface area contributed by atoms with Gasteiger partial charge in [-0.15, -0.1) is 0 Å². The van der Waals surface area contributed by atoms with Gasteiger partial charge in [0, 0.05) is 24.7 Å². The van der Waals surface area contributed by atoms with E-state index in [1.807, 2.05) is 29.8 Å². The Morgan fingerprint density at radius 3 is 2.65 bits per heavy atom. The summed E-state index contributed by atoms with van der Waals surface area (Å²) in [5.41, 5.74) is 3.39. The van der Waals surface area contributed by atoms with Gasteiger partial charge in [-0.1, -0.05) is 29.8 Å². The molecule has 0 saturated carbocycles. The van der Waals surface area contributed by atoms with Crippen molar-refractivity contribution in [1.82, 2.24) is 14.7 Å². The molecular formula is C15H19BrClN3. The van der Waals surface area contributed by atoms with Gasteiger partial charge >= 0.3 is 0 Å². The molecule has 0 amide bonds. The van der Waals surface area contributed by atoms with Crippen LogP contribution in [-0.2, 0) is 19.6 Å². The number of benzene rings is 1. The van der Waals surface area contributed by atoms with Gasteiger partial charge in [-0.25, -0.2) is 0 Å². The standard InChI is InChI=1S/C15H19BrClN3/c1-4-20-14(15(16)11(2)18-20)10-19(3)9-12-7-5-6-8-13(12)17/h5-8H,4,9-10H2,1-3H3. The van der Waals surface area contributed by atoms with Crippen LogP contribution in [0.3, 0.4) is 0 Å². The minimum absolute atomic E-state index is 0.818. The molecule has 2 rings (SSSR count). The SMILES string of the molecule is CCn1nc(C)c(Br)c1CN(C)Cc1ccccc1Cl. The average molecular weight is 357 g/mol. The van der Waals surface area contributed by atoms with Crippen molar-refractivity contribution in [1.29, 1.82) is 0 Å². The molecule has 1 aromatic carbocycles. The summed E-state index contributed by atoms with van der Waals surface area (Å²) in [6.07, 6.45) is 0. The summed E-state index contributed by atoms with van der Waals surface area (Å²) >= 11 is 9.85. The molecule has 0 unspecified atom stereocenters. The van der Waals surface area contributed by atoms with Gasteiger partial charge in [0.15, 0.2) is 0 Å². The second-order valence-electron chi connectivity index (χ2n) is 4.93. The van der Waals surface area contributed by atoms with E-state index in [0.29, 0.717) is 0 Å². The molecule has 0 saturated heterocycles. The quantitative estimate of drug-likeness (QED) is 0.798. The largest absolute Gasteiger partial charge is 0.296 e. The second-order valence-corrected chi connectivity index (χ2v) is 6.13. The molecule has 5 heteroatoms. The van der Waals surface area contributed by atoms with Crippen LogP contribution in [0.2, 0.25) is 5.02 Å². The first-order valence-corrected chi connectivity index (χ1v) is 7.83. The zero-order valence-electron chi connectivity index (χ0n) is 12.0. The van der Waals surface area contributed by atoms with Crippen LogP contribution in [-0.4, -0.2) is 21.7 Å². The number of aryl methyl sites for hydroxylation is 2. The maximum absolute atomic E-state index is 6.21. The van der Waals surface area contributed by atoms with E-state index in [-0.39, 0.29) is 0 Å². The molecule has 0 aliphatic rings. The van der Waals surface area contributed by atoms with Crippen molar-refractivity contribution in [3.05, 3.63) is 50.7 Å².